The lowest BCUT2D eigenvalue weighted by Crippen LogP contribution is -2.36. The Morgan fingerprint density at radius 2 is 2.00 bits per heavy atom. The molecule has 0 aliphatic carbocycles. The summed E-state index contributed by atoms with van der Waals surface area (Å²) in [6.07, 6.45) is 1.90. The van der Waals surface area contributed by atoms with Gasteiger partial charge >= 0.3 is 7.12 Å². The molecule has 11 nitrogen and oxygen atoms in total. The number of fused-ring (bicyclic) bond motifs is 1. The van der Waals surface area contributed by atoms with Crippen LogP contribution in [0.25, 0.3) is 0 Å². The van der Waals surface area contributed by atoms with E-state index in [9.17, 15) is 23.0 Å². The van der Waals surface area contributed by atoms with E-state index in [2.05, 4.69) is 15.0 Å². The topological polar surface area (TPSA) is 166 Å². The van der Waals surface area contributed by atoms with Gasteiger partial charge in [0.25, 0.3) is 0 Å². The number of carbonyl (C=O) groups excluding carboxylic acids is 2. The Kier molecular flexibility index (Phi) is 7.01. The summed E-state index contributed by atoms with van der Waals surface area (Å²) in [7, 11) is -4.98. The molecule has 0 saturated heterocycles. The maximum absolute atomic E-state index is 12.6. The third-order valence-electron chi connectivity index (χ3n) is 5.65. The number of hydrogen-bond donors (Lipinski definition) is 3. The van der Waals surface area contributed by atoms with E-state index in [1.54, 1.807) is 18.2 Å². The number of Topliss-reactive ketones (excluding diaryl/α,β-unsaturated/α-hetero) is 2. The standard InChI is InChI=1S/C22H24BN5O6S/c1-14(29)21-4-2-3-15-9-16(23(31)34-22(15)21)10-19(30)13-28-12-18(26-27-28)11-25-35(32,33)20-7-5-17(24)6-8-20/h2-8,12,16,25,31H,9-11,13,24H2,1H3/t16-/m1/s1. The lowest BCUT2D eigenvalue weighted by atomic mass is 9.64. The number of hydrogen-bond acceptors (Lipinski definition) is 9. The van der Waals surface area contributed by atoms with E-state index in [4.69, 9.17) is 10.4 Å². The average molecular weight is 497 g/mol. The maximum atomic E-state index is 12.6. The summed E-state index contributed by atoms with van der Waals surface area (Å²) in [5.74, 6) is -0.491. The van der Waals surface area contributed by atoms with Crippen LogP contribution in [-0.4, -0.2) is 47.1 Å². The molecule has 1 aliphatic heterocycles. The van der Waals surface area contributed by atoms with Crippen LogP contribution in [0.1, 0.15) is 35.0 Å². The lowest BCUT2D eigenvalue weighted by Gasteiger charge is -2.28. The van der Waals surface area contributed by atoms with E-state index in [1.165, 1.54) is 42.1 Å². The van der Waals surface area contributed by atoms with Gasteiger partial charge in [0.05, 0.1) is 28.9 Å². The summed E-state index contributed by atoms with van der Waals surface area (Å²) in [5.41, 5.74) is 7.53. The molecule has 0 spiro atoms. The number of rotatable bonds is 9. The highest BCUT2D eigenvalue weighted by Gasteiger charge is 2.37. The monoisotopic (exact) mass is 497 g/mol. The van der Waals surface area contributed by atoms with E-state index in [0.717, 1.165) is 5.56 Å². The van der Waals surface area contributed by atoms with Gasteiger partial charge in [0.15, 0.2) is 11.6 Å². The Bertz CT molecular complexity index is 1360. The predicted octanol–water partition coefficient (Wildman–Crippen LogP) is 0.986. The fourth-order valence-electron chi connectivity index (χ4n) is 3.87. The van der Waals surface area contributed by atoms with Crippen LogP contribution in [-0.2, 0) is 34.3 Å². The molecule has 1 atom stereocenters. The molecular formula is C22H24BN5O6S. The van der Waals surface area contributed by atoms with Crippen LogP contribution in [0.4, 0.5) is 5.69 Å². The molecule has 4 rings (SSSR count). The number of anilines is 1. The highest BCUT2D eigenvalue weighted by atomic mass is 32.2. The summed E-state index contributed by atoms with van der Waals surface area (Å²) in [4.78, 5) is 24.5. The number of para-hydroxylation sites is 1. The molecule has 2 aromatic carbocycles. The summed E-state index contributed by atoms with van der Waals surface area (Å²) < 4.78 is 34.1. The molecule has 0 unspecified atom stereocenters. The minimum Gasteiger partial charge on any atom is -0.535 e. The highest BCUT2D eigenvalue weighted by Crippen LogP contribution is 2.36. The van der Waals surface area contributed by atoms with Gasteiger partial charge < -0.3 is 15.4 Å². The number of nitrogens with one attached hydrogen (secondary N) is 1. The van der Waals surface area contributed by atoms with Crippen LogP contribution in [0.3, 0.4) is 0 Å². The SMILES string of the molecule is CC(=O)c1cccc2c1OB(O)[C@@H](CC(=O)Cn1cc(CNS(=O)(=O)c3ccc(N)cc3)nn1)C2. The van der Waals surface area contributed by atoms with E-state index in [0.29, 0.717) is 29.1 Å². The smallest absolute Gasteiger partial charge is 0.526 e. The second kappa shape index (κ2) is 9.98. The second-order valence-electron chi connectivity index (χ2n) is 8.37. The largest absolute Gasteiger partial charge is 0.535 e. The molecule has 0 radical (unpaired) electrons. The summed E-state index contributed by atoms with van der Waals surface area (Å²) in [6, 6.07) is 11.0. The van der Waals surface area contributed by atoms with Gasteiger partial charge in [-0.15, -0.1) is 5.10 Å². The molecular weight excluding hydrogens is 473 g/mol. The molecule has 35 heavy (non-hydrogen) atoms. The number of nitrogens with two attached hydrogens (primary N) is 1. The zero-order valence-corrected chi connectivity index (χ0v) is 19.7. The lowest BCUT2D eigenvalue weighted by molar-refractivity contribution is -0.120. The van der Waals surface area contributed by atoms with Gasteiger partial charge in [-0.3, -0.25) is 9.59 Å². The van der Waals surface area contributed by atoms with Gasteiger partial charge in [-0.05, 0) is 49.2 Å². The third-order valence-corrected chi connectivity index (χ3v) is 7.07. The van der Waals surface area contributed by atoms with Crippen LogP contribution in [0, 0.1) is 0 Å². The highest BCUT2D eigenvalue weighted by molar-refractivity contribution is 7.89. The first-order valence-electron chi connectivity index (χ1n) is 10.9. The molecule has 1 aromatic heterocycles. The number of benzene rings is 2. The quantitative estimate of drug-likeness (QED) is 0.222. The zero-order valence-electron chi connectivity index (χ0n) is 18.9. The van der Waals surface area contributed by atoms with Gasteiger partial charge in [-0.25, -0.2) is 17.8 Å². The summed E-state index contributed by atoms with van der Waals surface area (Å²) in [6.45, 7) is 1.23. The molecule has 182 valence electrons. The minimum atomic E-state index is -3.76. The van der Waals surface area contributed by atoms with Gasteiger partial charge in [-0.1, -0.05) is 17.3 Å². The predicted molar refractivity (Wildman–Crippen MR) is 127 cm³/mol. The van der Waals surface area contributed by atoms with E-state index < -0.39 is 23.0 Å². The number of ketones is 2. The van der Waals surface area contributed by atoms with Crippen molar-refractivity contribution in [2.75, 3.05) is 5.73 Å². The van der Waals surface area contributed by atoms with Crippen molar-refractivity contribution in [2.24, 2.45) is 0 Å². The van der Waals surface area contributed by atoms with Gasteiger partial charge in [0, 0.05) is 17.9 Å². The fourth-order valence-corrected chi connectivity index (χ4v) is 4.87. The zero-order chi connectivity index (χ0) is 25.2. The molecule has 0 saturated carbocycles. The number of aromatic nitrogens is 3. The molecule has 0 amide bonds. The number of nitrogen functional groups attached to an aromatic ring is 1. The van der Waals surface area contributed by atoms with E-state index >= 15 is 0 Å². The van der Waals surface area contributed by atoms with Crippen molar-refractivity contribution in [1.29, 1.82) is 0 Å². The van der Waals surface area contributed by atoms with Gasteiger partial charge in [0.1, 0.15) is 12.3 Å². The minimum absolute atomic E-state index is 0.0316. The van der Waals surface area contributed by atoms with E-state index in [-0.39, 0.29) is 36.0 Å². The van der Waals surface area contributed by atoms with Crippen LogP contribution < -0.4 is 15.1 Å². The fraction of sp³-hybridized carbons (Fsp3) is 0.273. The maximum Gasteiger partial charge on any atom is 0.526 e. The van der Waals surface area contributed by atoms with Crippen molar-refractivity contribution in [2.45, 2.75) is 43.6 Å². The Labute approximate surface area is 202 Å². The summed E-state index contributed by atoms with van der Waals surface area (Å²) >= 11 is 0. The van der Waals surface area contributed by atoms with Crippen molar-refractivity contribution in [3.05, 3.63) is 65.5 Å². The Morgan fingerprint density at radius 3 is 2.71 bits per heavy atom. The molecule has 2 heterocycles. The number of nitrogens with zero attached hydrogens (tertiary/aromatic N) is 3. The molecule has 0 fully saturated rings. The van der Waals surface area contributed by atoms with Crippen molar-refractivity contribution in [3.63, 3.8) is 0 Å². The van der Waals surface area contributed by atoms with Crippen molar-refractivity contribution < 1.29 is 27.7 Å². The van der Waals surface area contributed by atoms with Crippen LogP contribution in [0.5, 0.6) is 5.75 Å². The van der Waals surface area contributed by atoms with Crippen molar-refractivity contribution >= 4 is 34.4 Å². The number of sulfonamides is 1. The third kappa shape index (κ3) is 5.76. The van der Waals surface area contributed by atoms with Crippen LogP contribution >= 0.6 is 0 Å². The molecule has 3 aromatic rings. The van der Waals surface area contributed by atoms with Crippen LogP contribution in [0.15, 0.2) is 53.6 Å². The first-order valence-corrected chi connectivity index (χ1v) is 12.3. The van der Waals surface area contributed by atoms with E-state index in [1.807, 2.05) is 0 Å². The van der Waals surface area contributed by atoms with Crippen molar-refractivity contribution in [3.8, 4) is 5.75 Å². The molecule has 4 N–H and O–H groups in total. The molecule has 0 bridgehead atoms. The van der Waals surface area contributed by atoms with Crippen molar-refractivity contribution in [1.82, 2.24) is 19.7 Å². The Hall–Kier alpha value is -3.55. The Morgan fingerprint density at radius 1 is 1.26 bits per heavy atom. The molecule has 13 heteroatoms. The normalized spacial score (nSPS) is 15.4. The first-order chi connectivity index (χ1) is 16.6. The summed E-state index contributed by atoms with van der Waals surface area (Å²) in [5, 5.41) is 18.2. The van der Waals surface area contributed by atoms with Crippen LogP contribution in [0.2, 0.25) is 5.82 Å². The molecule has 1 aliphatic rings. The number of carbonyl (C=O) groups is 2. The Balaban J connectivity index is 1.33. The average Bonchev–Trinajstić information content (AvgIpc) is 3.25. The van der Waals surface area contributed by atoms with Gasteiger partial charge in [-0.2, -0.15) is 0 Å². The van der Waals surface area contributed by atoms with Gasteiger partial charge in [0.2, 0.25) is 10.0 Å². The first kappa shape index (κ1) is 24.6. The second-order valence-corrected chi connectivity index (χ2v) is 10.1.